The van der Waals surface area contributed by atoms with Gasteiger partial charge >= 0.3 is 5.97 Å². The average molecular weight is 294 g/mol. The van der Waals surface area contributed by atoms with Crippen molar-refractivity contribution in [3.8, 4) is 0 Å². The first-order valence-electron chi connectivity index (χ1n) is 6.59. The van der Waals surface area contributed by atoms with Gasteiger partial charge in [-0.15, -0.1) is 0 Å². The van der Waals surface area contributed by atoms with Crippen LogP contribution >= 0.6 is 11.8 Å². The van der Waals surface area contributed by atoms with Gasteiger partial charge in [-0.05, 0) is 31.2 Å². The number of hydrogen-bond acceptors (Lipinski definition) is 4. The van der Waals surface area contributed by atoms with E-state index in [1.807, 2.05) is 11.8 Å². The number of aromatic carboxylic acids is 1. The smallest absolute Gasteiger partial charge is 0.354 e. The molecule has 1 aromatic rings. The molecule has 0 atom stereocenters. The minimum atomic E-state index is -1.09. The number of aromatic nitrogens is 1. The molecular formula is C14H18N2O3S. The summed E-state index contributed by atoms with van der Waals surface area (Å²) in [6, 6.07) is 2.84. The summed E-state index contributed by atoms with van der Waals surface area (Å²) in [5.41, 5.74) is 0.335. The van der Waals surface area contributed by atoms with Crippen LogP contribution in [0.25, 0.3) is 0 Å². The zero-order valence-corrected chi connectivity index (χ0v) is 12.2. The van der Waals surface area contributed by atoms with E-state index < -0.39 is 5.97 Å². The van der Waals surface area contributed by atoms with Crippen LogP contribution in [-0.2, 0) is 0 Å². The van der Waals surface area contributed by atoms with Crippen LogP contribution < -0.4 is 5.32 Å². The molecule has 1 amide bonds. The number of carbonyl (C=O) groups is 2. The van der Waals surface area contributed by atoms with Crippen molar-refractivity contribution in [3.63, 3.8) is 0 Å². The predicted molar refractivity (Wildman–Crippen MR) is 78.2 cm³/mol. The van der Waals surface area contributed by atoms with Gasteiger partial charge in [-0.2, -0.15) is 11.8 Å². The molecule has 20 heavy (non-hydrogen) atoms. The van der Waals surface area contributed by atoms with Crippen LogP contribution in [0.4, 0.5) is 0 Å². The van der Waals surface area contributed by atoms with E-state index in [-0.39, 0.29) is 16.3 Å². The molecule has 1 heterocycles. The molecule has 108 valence electrons. The highest BCUT2D eigenvalue weighted by atomic mass is 32.2. The molecule has 0 spiro atoms. The quantitative estimate of drug-likeness (QED) is 0.870. The topological polar surface area (TPSA) is 79.3 Å². The number of pyridine rings is 1. The minimum absolute atomic E-state index is 0.0575. The van der Waals surface area contributed by atoms with Crippen LogP contribution in [0.15, 0.2) is 18.3 Å². The maximum Gasteiger partial charge on any atom is 0.354 e. The number of nitrogens with zero attached hydrogens (tertiary/aromatic N) is 1. The average Bonchev–Trinajstić information content (AvgIpc) is 2.94. The van der Waals surface area contributed by atoms with Crippen molar-refractivity contribution in [1.82, 2.24) is 10.3 Å². The second kappa shape index (κ2) is 6.26. The van der Waals surface area contributed by atoms with Gasteiger partial charge in [-0.25, -0.2) is 9.78 Å². The van der Waals surface area contributed by atoms with E-state index in [1.165, 1.54) is 31.2 Å². The summed E-state index contributed by atoms with van der Waals surface area (Å²) < 4.78 is 0.157. The van der Waals surface area contributed by atoms with Crippen LogP contribution in [0.1, 0.15) is 46.5 Å². The highest BCUT2D eigenvalue weighted by Crippen LogP contribution is 2.39. The molecule has 0 aliphatic heterocycles. The fourth-order valence-electron chi connectivity index (χ4n) is 2.47. The van der Waals surface area contributed by atoms with Gasteiger partial charge in [0.1, 0.15) is 5.69 Å². The fraction of sp³-hybridized carbons (Fsp3) is 0.500. The number of carbonyl (C=O) groups excluding carboxylic acids is 1. The molecule has 5 nitrogen and oxygen atoms in total. The second-order valence-corrected chi connectivity index (χ2v) is 6.29. The summed E-state index contributed by atoms with van der Waals surface area (Å²) in [6.07, 6.45) is 8.08. The van der Waals surface area contributed by atoms with Crippen LogP contribution in [0, 0.1) is 0 Å². The van der Waals surface area contributed by atoms with Crippen LogP contribution in [0.2, 0.25) is 0 Å². The SMILES string of the molecule is CSC1(CNC(=O)c2ccc(C(=O)O)nc2)CCCC1. The Kier molecular flexibility index (Phi) is 4.65. The highest BCUT2D eigenvalue weighted by molar-refractivity contribution is 8.00. The van der Waals surface area contributed by atoms with Crippen molar-refractivity contribution in [3.05, 3.63) is 29.6 Å². The summed E-state index contributed by atoms with van der Waals surface area (Å²) in [4.78, 5) is 26.5. The number of nitrogens with one attached hydrogen (secondary N) is 1. The third kappa shape index (κ3) is 3.30. The molecule has 6 heteroatoms. The minimum Gasteiger partial charge on any atom is -0.477 e. The van der Waals surface area contributed by atoms with E-state index in [0.29, 0.717) is 12.1 Å². The van der Waals surface area contributed by atoms with Crippen molar-refractivity contribution in [1.29, 1.82) is 0 Å². The predicted octanol–water partition coefficient (Wildman–Crippen LogP) is 2.19. The summed E-state index contributed by atoms with van der Waals surface area (Å²) in [6.45, 7) is 0.647. The van der Waals surface area contributed by atoms with Gasteiger partial charge in [0.25, 0.3) is 5.91 Å². The first kappa shape index (κ1) is 14.8. The number of carboxylic acid groups (broad SMARTS) is 1. The molecule has 1 fully saturated rings. The Morgan fingerprint density at radius 3 is 2.60 bits per heavy atom. The molecule has 0 radical (unpaired) electrons. The summed E-state index contributed by atoms with van der Waals surface area (Å²) in [5, 5.41) is 11.7. The van der Waals surface area contributed by atoms with Gasteiger partial charge in [-0.1, -0.05) is 12.8 Å². The largest absolute Gasteiger partial charge is 0.477 e. The molecule has 0 unspecified atom stereocenters. The third-order valence-electron chi connectivity index (χ3n) is 3.76. The normalized spacial score (nSPS) is 16.9. The first-order valence-corrected chi connectivity index (χ1v) is 7.81. The molecule has 1 aliphatic rings. The summed E-state index contributed by atoms with van der Waals surface area (Å²) in [5.74, 6) is -1.29. The van der Waals surface area contributed by atoms with E-state index in [0.717, 1.165) is 12.8 Å². The Morgan fingerprint density at radius 1 is 1.40 bits per heavy atom. The van der Waals surface area contributed by atoms with Crippen LogP contribution in [0.5, 0.6) is 0 Å². The van der Waals surface area contributed by atoms with E-state index in [2.05, 4.69) is 16.6 Å². The van der Waals surface area contributed by atoms with Gasteiger partial charge in [0.15, 0.2) is 0 Å². The lowest BCUT2D eigenvalue weighted by Gasteiger charge is -2.26. The maximum absolute atomic E-state index is 12.0. The van der Waals surface area contributed by atoms with Crippen molar-refractivity contribution < 1.29 is 14.7 Å². The van der Waals surface area contributed by atoms with Gasteiger partial charge < -0.3 is 10.4 Å². The van der Waals surface area contributed by atoms with Gasteiger partial charge in [0.2, 0.25) is 0 Å². The Labute approximate surface area is 122 Å². The lowest BCUT2D eigenvalue weighted by atomic mass is 10.1. The van der Waals surface area contributed by atoms with Gasteiger partial charge in [0, 0.05) is 17.5 Å². The molecular weight excluding hydrogens is 276 g/mol. The second-order valence-electron chi connectivity index (χ2n) is 5.01. The highest BCUT2D eigenvalue weighted by Gasteiger charge is 2.33. The molecule has 2 N–H and O–H groups in total. The maximum atomic E-state index is 12.0. The van der Waals surface area contributed by atoms with E-state index in [1.54, 1.807) is 0 Å². The number of hydrogen-bond donors (Lipinski definition) is 2. The molecule has 1 aromatic heterocycles. The summed E-state index contributed by atoms with van der Waals surface area (Å²) >= 11 is 1.82. The number of carboxylic acids is 1. The number of thioether (sulfide) groups is 1. The Bertz CT molecular complexity index is 496. The zero-order chi connectivity index (χ0) is 14.6. The monoisotopic (exact) mass is 294 g/mol. The molecule has 0 bridgehead atoms. The van der Waals surface area contributed by atoms with Crippen molar-refractivity contribution in [2.24, 2.45) is 0 Å². The van der Waals surface area contributed by atoms with Gasteiger partial charge in [-0.3, -0.25) is 4.79 Å². The third-order valence-corrected chi connectivity index (χ3v) is 5.18. The summed E-state index contributed by atoms with van der Waals surface area (Å²) in [7, 11) is 0. The molecule has 2 rings (SSSR count). The van der Waals surface area contributed by atoms with Crippen LogP contribution in [0.3, 0.4) is 0 Å². The molecule has 0 saturated heterocycles. The standard InChI is InChI=1S/C14H18N2O3S/c1-20-14(6-2-3-7-14)9-16-12(17)10-4-5-11(13(18)19)15-8-10/h4-5,8H,2-3,6-7,9H2,1H3,(H,16,17)(H,18,19). The van der Waals surface area contributed by atoms with Gasteiger partial charge in [0.05, 0.1) is 5.56 Å². The van der Waals surface area contributed by atoms with Crippen LogP contribution in [-0.4, -0.2) is 39.5 Å². The molecule has 1 aliphatic carbocycles. The van der Waals surface area contributed by atoms with E-state index in [9.17, 15) is 9.59 Å². The van der Waals surface area contributed by atoms with E-state index >= 15 is 0 Å². The Morgan fingerprint density at radius 2 is 2.10 bits per heavy atom. The molecule has 1 saturated carbocycles. The molecule has 0 aromatic carbocycles. The lowest BCUT2D eigenvalue weighted by molar-refractivity contribution is 0.0689. The van der Waals surface area contributed by atoms with Crippen molar-refractivity contribution in [2.75, 3.05) is 12.8 Å². The van der Waals surface area contributed by atoms with Crippen molar-refractivity contribution >= 4 is 23.6 Å². The zero-order valence-electron chi connectivity index (χ0n) is 11.4. The Balaban J connectivity index is 1.96. The Hall–Kier alpha value is -1.56. The number of amides is 1. The van der Waals surface area contributed by atoms with Crippen molar-refractivity contribution in [2.45, 2.75) is 30.4 Å². The van der Waals surface area contributed by atoms with E-state index in [4.69, 9.17) is 5.11 Å². The fourth-order valence-corrected chi connectivity index (χ4v) is 3.38. The number of rotatable bonds is 5. The first-order chi connectivity index (χ1) is 9.56. The lowest BCUT2D eigenvalue weighted by Crippen LogP contribution is -2.38.